The number of ether oxygens (including phenoxy) is 2. The smallest absolute Gasteiger partial charge is 0.157 e. The Morgan fingerprint density at radius 2 is 2.03 bits per heavy atom. The highest BCUT2D eigenvalue weighted by atomic mass is 35.5. The molecule has 1 aliphatic heterocycles. The van der Waals surface area contributed by atoms with E-state index in [2.05, 4.69) is 20.1 Å². The summed E-state index contributed by atoms with van der Waals surface area (Å²) < 4.78 is 11.8. The van der Waals surface area contributed by atoms with Crippen molar-refractivity contribution in [2.45, 2.75) is 19.1 Å². The second-order valence-electron chi connectivity index (χ2n) is 8.00. The van der Waals surface area contributed by atoms with Crippen molar-refractivity contribution in [3.05, 3.63) is 69.8 Å². The number of nitrogens with one attached hydrogen (secondary N) is 1. The monoisotopic (exact) mass is 494 g/mol. The molecule has 0 radical (unpaired) electrons. The van der Waals surface area contributed by atoms with E-state index in [4.69, 9.17) is 43.7 Å². The Kier molecular flexibility index (Phi) is 6.16. The molecule has 0 amide bonds. The molecule has 0 bridgehead atoms. The fourth-order valence-electron chi connectivity index (χ4n) is 3.85. The molecule has 3 N–H and O–H groups in total. The van der Waals surface area contributed by atoms with E-state index in [0.717, 1.165) is 36.4 Å². The highest BCUT2D eigenvalue weighted by molar-refractivity contribution is 6.32. The van der Waals surface area contributed by atoms with Gasteiger partial charge in [-0.1, -0.05) is 23.2 Å². The van der Waals surface area contributed by atoms with Gasteiger partial charge in [0.1, 0.15) is 35.4 Å². The van der Waals surface area contributed by atoms with Crippen molar-refractivity contribution >= 4 is 40.1 Å². The summed E-state index contributed by atoms with van der Waals surface area (Å²) >= 11 is 12.4. The Morgan fingerprint density at radius 3 is 2.82 bits per heavy atom. The summed E-state index contributed by atoms with van der Waals surface area (Å²) in [5.74, 6) is 2.22. The van der Waals surface area contributed by atoms with Crippen LogP contribution in [0.5, 0.6) is 17.2 Å². The van der Waals surface area contributed by atoms with Gasteiger partial charge in [0.2, 0.25) is 0 Å². The summed E-state index contributed by atoms with van der Waals surface area (Å²) in [6.45, 7) is 1.93. The molecule has 4 aromatic rings. The standard InChI is InChI=1S/C24H20Cl2N6O2/c25-15-7-14(11-27)8-18(9-15)34-22-10-17(1-3-20(22)26)33-13-21-19-2-4-23(29-24(19)31-30-21)32-6-5-16(28)12-32/h1-4,7-10,16H,5-6,12-13,28H2,(H,29,30,31). The average molecular weight is 495 g/mol. The molecule has 8 nitrogen and oxygen atoms in total. The first-order chi connectivity index (χ1) is 16.5. The van der Waals surface area contributed by atoms with Gasteiger partial charge in [-0.2, -0.15) is 10.4 Å². The van der Waals surface area contributed by atoms with Gasteiger partial charge in [0.15, 0.2) is 5.65 Å². The van der Waals surface area contributed by atoms with Gasteiger partial charge in [0.25, 0.3) is 0 Å². The number of aromatic amines is 1. The highest BCUT2D eigenvalue weighted by Gasteiger charge is 2.21. The second kappa shape index (κ2) is 9.39. The Bertz CT molecular complexity index is 1400. The molecule has 34 heavy (non-hydrogen) atoms. The molecule has 1 fully saturated rings. The largest absolute Gasteiger partial charge is 0.487 e. The number of nitrogens with two attached hydrogens (primary N) is 1. The van der Waals surface area contributed by atoms with E-state index in [1.54, 1.807) is 36.4 Å². The lowest BCUT2D eigenvalue weighted by Gasteiger charge is -2.16. The minimum Gasteiger partial charge on any atom is -0.487 e. The van der Waals surface area contributed by atoms with E-state index >= 15 is 0 Å². The van der Waals surface area contributed by atoms with Crippen molar-refractivity contribution in [2.75, 3.05) is 18.0 Å². The van der Waals surface area contributed by atoms with Crippen LogP contribution in [0.25, 0.3) is 11.0 Å². The molecule has 0 aliphatic carbocycles. The Labute approximate surface area is 205 Å². The minimum atomic E-state index is 0.184. The van der Waals surface area contributed by atoms with E-state index < -0.39 is 0 Å². The zero-order chi connectivity index (χ0) is 23.7. The molecule has 2 aromatic heterocycles. The predicted molar refractivity (Wildman–Crippen MR) is 131 cm³/mol. The number of halogens is 2. The first-order valence-electron chi connectivity index (χ1n) is 10.6. The third-order valence-electron chi connectivity index (χ3n) is 5.54. The fraction of sp³-hybridized carbons (Fsp3) is 0.208. The van der Waals surface area contributed by atoms with Crippen molar-refractivity contribution in [1.82, 2.24) is 15.2 Å². The van der Waals surface area contributed by atoms with Crippen LogP contribution in [0, 0.1) is 11.3 Å². The second-order valence-corrected chi connectivity index (χ2v) is 8.84. The molecule has 0 saturated carbocycles. The number of fused-ring (bicyclic) bond motifs is 1. The van der Waals surface area contributed by atoms with Crippen LogP contribution in [0.3, 0.4) is 0 Å². The minimum absolute atomic E-state index is 0.184. The van der Waals surface area contributed by atoms with Crippen molar-refractivity contribution in [3.63, 3.8) is 0 Å². The van der Waals surface area contributed by atoms with Crippen LogP contribution < -0.4 is 20.1 Å². The first-order valence-corrected chi connectivity index (χ1v) is 11.4. The number of pyridine rings is 1. The van der Waals surface area contributed by atoms with Crippen molar-refractivity contribution in [1.29, 1.82) is 5.26 Å². The molecular weight excluding hydrogens is 475 g/mol. The Hall–Kier alpha value is -3.51. The van der Waals surface area contributed by atoms with Gasteiger partial charge in [0.05, 0.1) is 16.7 Å². The van der Waals surface area contributed by atoms with E-state index in [0.29, 0.717) is 38.5 Å². The first kappa shape index (κ1) is 22.3. The lowest BCUT2D eigenvalue weighted by molar-refractivity contribution is 0.301. The lowest BCUT2D eigenvalue weighted by atomic mass is 10.2. The quantitative estimate of drug-likeness (QED) is 0.385. The molecule has 10 heteroatoms. The number of hydrogen-bond donors (Lipinski definition) is 2. The molecule has 1 aliphatic rings. The topological polar surface area (TPSA) is 113 Å². The van der Waals surface area contributed by atoms with Crippen molar-refractivity contribution in [2.24, 2.45) is 5.73 Å². The van der Waals surface area contributed by atoms with E-state index in [1.807, 2.05) is 18.2 Å². The Morgan fingerprint density at radius 1 is 1.15 bits per heavy atom. The number of anilines is 1. The maximum Gasteiger partial charge on any atom is 0.157 e. The van der Waals surface area contributed by atoms with Crippen molar-refractivity contribution in [3.8, 4) is 23.3 Å². The summed E-state index contributed by atoms with van der Waals surface area (Å²) in [6, 6.07) is 16.1. The van der Waals surface area contributed by atoms with E-state index in [-0.39, 0.29) is 12.6 Å². The molecule has 1 saturated heterocycles. The van der Waals surface area contributed by atoms with Crippen LogP contribution in [0.1, 0.15) is 17.7 Å². The van der Waals surface area contributed by atoms with Crippen LogP contribution in [-0.4, -0.2) is 34.3 Å². The summed E-state index contributed by atoms with van der Waals surface area (Å²) in [4.78, 5) is 6.86. The zero-order valence-electron chi connectivity index (χ0n) is 18.0. The van der Waals surface area contributed by atoms with Gasteiger partial charge >= 0.3 is 0 Å². The summed E-state index contributed by atoms with van der Waals surface area (Å²) in [5, 5.41) is 18.2. The normalized spacial score (nSPS) is 15.5. The maximum absolute atomic E-state index is 9.14. The van der Waals surface area contributed by atoms with E-state index in [9.17, 15) is 0 Å². The lowest BCUT2D eigenvalue weighted by Crippen LogP contribution is -2.26. The van der Waals surface area contributed by atoms with Crippen LogP contribution in [-0.2, 0) is 6.61 Å². The van der Waals surface area contributed by atoms with Crippen LogP contribution in [0.4, 0.5) is 5.82 Å². The number of hydrogen-bond acceptors (Lipinski definition) is 7. The summed E-state index contributed by atoms with van der Waals surface area (Å²) in [7, 11) is 0. The Balaban J connectivity index is 1.31. The molecular formula is C24H20Cl2N6O2. The summed E-state index contributed by atoms with van der Waals surface area (Å²) in [6.07, 6.45) is 0.964. The third kappa shape index (κ3) is 4.73. The molecule has 1 atom stereocenters. The van der Waals surface area contributed by atoms with Gasteiger partial charge in [-0.15, -0.1) is 0 Å². The number of benzene rings is 2. The molecule has 172 valence electrons. The molecule has 2 aromatic carbocycles. The van der Waals surface area contributed by atoms with Crippen molar-refractivity contribution < 1.29 is 9.47 Å². The average Bonchev–Trinajstić information content (AvgIpc) is 3.44. The number of H-pyrrole nitrogens is 1. The highest BCUT2D eigenvalue weighted by Crippen LogP contribution is 2.34. The van der Waals surface area contributed by atoms with Crippen LogP contribution in [0.2, 0.25) is 10.0 Å². The number of aromatic nitrogens is 3. The number of nitriles is 1. The van der Waals surface area contributed by atoms with Crippen LogP contribution in [0.15, 0.2) is 48.5 Å². The van der Waals surface area contributed by atoms with Gasteiger partial charge in [-0.05, 0) is 48.9 Å². The van der Waals surface area contributed by atoms with E-state index in [1.165, 1.54) is 0 Å². The predicted octanol–water partition coefficient (Wildman–Crippen LogP) is 5.05. The van der Waals surface area contributed by atoms with Gasteiger partial charge in [0, 0.05) is 35.6 Å². The van der Waals surface area contributed by atoms with Gasteiger partial charge in [-0.3, -0.25) is 5.10 Å². The fourth-order valence-corrected chi connectivity index (χ4v) is 4.23. The third-order valence-corrected chi connectivity index (χ3v) is 6.07. The molecule has 1 unspecified atom stereocenters. The van der Waals surface area contributed by atoms with Gasteiger partial charge in [-0.25, -0.2) is 4.98 Å². The van der Waals surface area contributed by atoms with Crippen LogP contribution >= 0.6 is 23.2 Å². The maximum atomic E-state index is 9.14. The van der Waals surface area contributed by atoms with Gasteiger partial charge < -0.3 is 20.1 Å². The number of nitrogens with zero attached hydrogens (tertiary/aromatic N) is 4. The molecule has 5 rings (SSSR count). The molecule has 0 spiro atoms. The summed E-state index contributed by atoms with van der Waals surface area (Å²) in [5.41, 5.74) is 7.84. The number of rotatable bonds is 6. The molecule has 3 heterocycles. The zero-order valence-corrected chi connectivity index (χ0v) is 19.5. The SMILES string of the molecule is N#Cc1cc(Cl)cc(Oc2cc(OCc3n[nH]c4nc(N5CCC(N)C5)ccc34)ccc2Cl)c1.